The van der Waals surface area contributed by atoms with Crippen LogP contribution in [0.15, 0.2) is 29.8 Å². The highest BCUT2D eigenvalue weighted by Crippen LogP contribution is 2.37. The predicted octanol–water partition coefficient (Wildman–Crippen LogP) is 1.98. The van der Waals surface area contributed by atoms with E-state index in [4.69, 9.17) is 22.1 Å². The van der Waals surface area contributed by atoms with Gasteiger partial charge in [0.05, 0.1) is 0 Å². The van der Waals surface area contributed by atoms with Crippen LogP contribution in [0.4, 0.5) is 4.39 Å². The quantitative estimate of drug-likeness (QED) is 0.807. The maximum Gasteiger partial charge on any atom is 0.250 e. The van der Waals surface area contributed by atoms with Crippen LogP contribution in [0.5, 0.6) is 0 Å². The number of benzene rings is 1. The van der Waals surface area contributed by atoms with Crippen molar-refractivity contribution in [3.63, 3.8) is 0 Å². The number of ketones is 1. The van der Waals surface area contributed by atoms with Gasteiger partial charge < -0.3 is 15.6 Å². The predicted molar refractivity (Wildman–Crippen MR) is 58.7 cm³/mol. The lowest BCUT2D eigenvalue weighted by Crippen LogP contribution is -2.32. The Morgan fingerprint density at radius 3 is 2.65 bits per heavy atom. The monoisotopic (exact) mass is 257 g/mol. The molecule has 0 saturated heterocycles. The van der Waals surface area contributed by atoms with Crippen molar-refractivity contribution in [1.29, 1.82) is 0 Å². The fraction of sp³-hybridized carbons (Fsp3) is 0.182. The maximum atomic E-state index is 13.7. The molecule has 0 aromatic heterocycles. The average Bonchev–Trinajstić information content (AvgIpc) is 2.43. The van der Waals surface area contributed by atoms with Gasteiger partial charge >= 0.3 is 0 Å². The van der Waals surface area contributed by atoms with E-state index in [1.165, 1.54) is 19.1 Å². The molecule has 0 spiro atoms. The van der Waals surface area contributed by atoms with E-state index in [2.05, 4.69) is 0 Å². The van der Waals surface area contributed by atoms with Gasteiger partial charge in [-0.05, 0) is 19.1 Å². The zero-order valence-electron chi connectivity index (χ0n) is 8.83. The standard InChI is InChI=1S/C11H9ClFNO3/c1-11(9(16)8(15)10(14)17-11)6-3-2-5(12)4-7(6)13/h2-4,15H,14H2,1H3. The van der Waals surface area contributed by atoms with E-state index < -0.39 is 28.8 Å². The molecule has 1 aliphatic rings. The van der Waals surface area contributed by atoms with E-state index in [1.807, 2.05) is 0 Å². The minimum absolute atomic E-state index is 0.0288. The molecule has 17 heavy (non-hydrogen) atoms. The topological polar surface area (TPSA) is 72.6 Å². The molecule has 0 fully saturated rings. The lowest BCUT2D eigenvalue weighted by Gasteiger charge is -2.23. The number of halogens is 2. The fourth-order valence-corrected chi connectivity index (χ4v) is 1.86. The third-order valence-corrected chi connectivity index (χ3v) is 2.88. The Hall–Kier alpha value is -1.75. The van der Waals surface area contributed by atoms with Crippen LogP contribution in [0.25, 0.3) is 0 Å². The molecule has 0 amide bonds. The normalized spacial score (nSPS) is 24.1. The molecule has 4 nitrogen and oxygen atoms in total. The minimum atomic E-state index is -1.65. The van der Waals surface area contributed by atoms with Gasteiger partial charge in [0, 0.05) is 10.6 Å². The molecule has 3 N–H and O–H groups in total. The van der Waals surface area contributed by atoms with Crippen LogP contribution >= 0.6 is 11.6 Å². The smallest absolute Gasteiger partial charge is 0.250 e. The van der Waals surface area contributed by atoms with Crippen LogP contribution in [0.3, 0.4) is 0 Å². The zero-order chi connectivity index (χ0) is 12.8. The Morgan fingerprint density at radius 2 is 2.18 bits per heavy atom. The number of nitrogens with two attached hydrogens (primary N) is 1. The van der Waals surface area contributed by atoms with Crippen molar-refractivity contribution in [2.24, 2.45) is 5.73 Å². The van der Waals surface area contributed by atoms with Gasteiger partial charge in [-0.1, -0.05) is 17.7 Å². The van der Waals surface area contributed by atoms with Crippen molar-refractivity contribution in [2.45, 2.75) is 12.5 Å². The number of aliphatic hydroxyl groups excluding tert-OH is 1. The minimum Gasteiger partial charge on any atom is -0.501 e. The molecule has 0 bridgehead atoms. The number of hydrogen-bond acceptors (Lipinski definition) is 4. The number of carbonyl (C=O) groups is 1. The molecule has 1 aliphatic heterocycles. The molecular formula is C11H9ClFNO3. The Labute approximate surface area is 101 Å². The summed E-state index contributed by atoms with van der Waals surface area (Å²) in [4.78, 5) is 11.8. The SMILES string of the molecule is CC1(c2ccc(Cl)cc2F)OC(N)=C(O)C1=O. The molecule has 1 atom stereocenters. The molecule has 0 saturated carbocycles. The summed E-state index contributed by atoms with van der Waals surface area (Å²) in [7, 11) is 0. The summed E-state index contributed by atoms with van der Waals surface area (Å²) in [6.45, 7) is 1.33. The highest BCUT2D eigenvalue weighted by molar-refractivity contribution is 6.30. The second-order valence-electron chi connectivity index (χ2n) is 3.80. The molecule has 0 aliphatic carbocycles. The van der Waals surface area contributed by atoms with E-state index in [9.17, 15) is 14.3 Å². The van der Waals surface area contributed by atoms with Gasteiger partial charge in [-0.25, -0.2) is 4.39 Å². The summed E-state index contributed by atoms with van der Waals surface area (Å²) in [5.41, 5.74) is 3.62. The largest absolute Gasteiger partial charge is 0.501 e. The van der Waals surface area contributed by atoms with Crippen LogP contribution in [-0.2, 0) is 15.1 Å². The molecule has 90 valence electrons. The van der Waals surface area contributed by atoms with Crippen molar-refractivity contribution in [3.8, 4) is 0 Å². The van der Waals surface area contributed by atoms with Crippen molar-refractivity contribution in [2.75, 3.05) is 0 Å². The number of Topliss-reactive ketones (excluding diaryl/α,β-unsaturated/α-hetero) is 1. The third kappa shape index (κ3) is 1.63. The highest BCUT2D eigenvalue weighted by Gasteiger charge is 2.48. The molecule has 6 heteroatoms. The van der Waals surface area contributed by atoms with Crippen LogP contribution in [0.1, 0.15) is 12.5 Å². The highest BCUT2D eigenvalue weighted by atomic mass is 35.5. The summed E-state index contributed by atoms with van der Waals surface area (Å²) in [6, 6.07) is 3.80. The first-order valence-electron chi connectivity index (χ1n) is 4.74. The van der Waals surface area contributed by atoms with Crippen molar-refractivity contribution in [3.05, 3.63) is 46.2 Å². The third-order valence-electron chi connectivity index (χ3n) is 2.64. The lowest BCUT2D eigenvalue weighted by molar-refractivity contribution is -0.131. The van der Waals surface area contributed by atoms with Crippen molar-refractivity contribution in [1.82, 2.24) is 0 Å². The van der Waals surface area contributed by atoms with Crippen LogP contribution in [0.2, 0.25) is 5.02 Å². The van der Waals surface area contributed by atoms with E-state index >= 15 is 0 Å². The summed E-state index contributed by atoms with van der Waals surface area (Å²) >= 11 is 5.61. The number of aliphatic hydroxyl groups is 1. The number of rotatable bonds is 1. The molecule has 2 rings (SSSR count). The summed E-state index contributed by atoms with van der Waals surface area (Å²) < 4.78 is 18.8. The van der Waals surface area contributed by atoms with E-state index in [-0.39, 0.29) is 10.6 Å². The molecule has 0 radical (unpaired) electrons. The Balaban J connectivity index is 2.52. The summed E-state index contributed by atoms with van der Waals surface area (Å²) in [5.74, 6) is -2.58. The van der Waals surface area contributed by atoms with Crippen LogP contribution in [-0.4, -0.2) is 10.9 Å². The first-order chi connectivity index (χ1) is 7.86. The van der Waals surface area contributed by atoms with E-state index in [1.54, 1.807) is 0 Å². The van der Waals surface area contributed by atoms with Gasteiger partial charge in [-0.15, -0.1) is 0 Å². The van der Waals surface area contributed by atoms with Gasteiger partial charge in [0.2, 0.25) is 17.2 Å². The lowest BCUT2D eigenvalue weighted by atomic mass is 9.91. The van der Waals surface area contributed by atoms with Crippen LogP contribution in [0, 0.1) is 5.82 Å². The van der Waals surface area contributed by atoms with Gasteiger partial charge in [-0.2, -0.15) is 0 Å². The second kappa shape index (κ2) is 3.63. The van der Waals surface area contributed by atoms with E-state index in [0.717, 1.165) is 6.07 Å². The first-order valence-corrected chi connectivity index (χ1v) is 5.12. The molecular weight excluding hydrogens is 249 g/mol. The Bertz CT molecular complexity index is 544. The average molecular weight is 258 g/mol. The molecule has 1 heterocycles. The number of hydrogen-bond donors (Lipinski definition) is 2. The Kier molecular flexibility index (Phi) is 2.50. The number of carbonyl (C=O) groups excluding carboxylic acids is 1. The molecule has 1 aromatic rings. The Morgan fingerprint density at radius 1 is 1.53 bits per heavy atom. The summed E-state index contributed by atoms with van der Waals surface area (Å²) in [6.07, 6.45) is 0. The zero-order valence-corrected chi connectivity index (χ0v) is 9.58. The summed E-state index contributed by atoms with van der Waals surface area (Å²) in [5, 5.41) is 9.54. The van der Waals surface area contributed by atoms with Gasteiger partial charge in [0.15, 0.2) is 0 Å². The van der Waals surface area contributed by atoms with Crippen molar-refractivity contribution >= 4 is 17.4 Å². The molecule has 1 unspecified atom stereocenters. The van der Waals surface area contributed by atoms with Gasteiger partial charge in [-0.3, -0.25) is 4.79 Å². The second-order valence-corrected chi connectivity index (χ2v) is 4.24. The van der Waals surface area contributed by atoms with Gasteiger partial charge in [0.25, 0.3) is 5.78 Å². The van der Waals surface area contributed by atoms with E-state index in [0.29, 0.717) is 0 Å². The first kappa shape index (κ1) is 11.7. The van der Waals surface area contributed by atoms with Gasteiger partial charge in [0.1, 0.15) is 5.82 Å². The van der Waals surface area contributed by atoms with Crippen molar-refractivity contribution < 1.29 is 19.0 Å². The fourth-order valence-electron chi connectivity index (χ4n) is 1.71. The maximum absolute atomic E-state index is 13.7. The molecule has 1 aromatic carbocycles. The van der Waals surface area contributed by atoms with Crippen LogP contribution < -0.4 is 5.73 Å². The number of ether oxygens (including phenoxy) is 1.